The second-order valence-corrected chi connectivity index (χ2v) is 8.76. The number of nitrogens with zero attached hydrogens (tertiary/aromatic N) is 2. The van der Waals surface area contributed by atoms with Gasteiger partial charge in [-0.3, -0.25) is 14.2 Å². The molecule has 1 atom stereocenters. The van der Waals surface area contributed by atoms with Crippen LogP contribution in [0.15, 0.2) is 68.7 Å². The predicted octanol–water partition coefficient (Wildman–Crippen LogP) is 4.85. The number of benzene rings is 1. The molecule has 1 N–H and O–H groups in total. The van der Waals surface area contributed by atoms with Crippen LogP contribution in [0.1, 0.15) is 50.8 Å². The van der Waals surface area contributed by atoms with Crippen molar-refractivity contribution >= 4 is 28.6 Å². The van der Waals surface area contributed by atoms with E-state index in [1.54, 1.807) is 16.9 Å². The van der Waals surface area contributed by atoms with Crippen LogP contribution in [0.4, 0.5) is 0 Å². The minimum Gasteiger partial charge on any atom is -0.467 e. The Balaban J connectivity index is 1.51. The van der Waals surface area contributed by atoms with Crippen molar-refractivity contribution < 1.29 is 9.21 Å². The van der Waals surface area contributed by atoms with Crippen molar-refractivity contribution in [2.75, 3.05) is 5.75 Å². The number of carbonyl (C=O) groups is 1. The lowest BCUT2D eigenvalue weighted by atomic mass is 9.97. The molecule has 0 aliphatic heterocycles. The topological polar surface area (TPSA) is 77.1 Å². The third-order valence-corrected chi connectivity index (χ3v) is 6.52. The Hall–Kier alpha value is -2.80. The maximum absolute atomic E-state index is 13.2. The normalized spacial score (nSPS) is 14.9. The molecule has 3 aromatic rings. The van der Waals surface area contributed by atoms with Gasteiger partial charge in [-0.2, -0.15) is 0 Å². The van der Waals surface area contributed by atoms with Crippen LogP contribution in [0, 0.1) is 0 Å². The maximum atomic E-state index is 13.2. The molecule has 1 aromatic carbocycles. The summed E-state index contributed by atoms with van der Waals surface area (Å²) in [5, 5.41) is 4.13. The monoisotopic (exact) mass is 437 g/mol. The van der Waals surface area contributed by atoms with Crippen LogP contribution in [0.5, 0.6) is 0 Å². The van der Waals surface area contributed by atoms with E-state index in [1.807, 2.05) is 37.3 Å². The molecule has 31 heavy (non-hydrogen) atoms. The number of amides is 1. The summed E-state index contributed by atoms with van der Waals surface area (Å²) in [6.45, 7) is 2.46. The minimum absolute atomic E-state index is 0.0473. The SMILES string of the molecule is CC(NC(=O)CSc1nc2ccccc2c(=O)n1CCC1=CCCCC1)c1ccco1. The molecular formula is C24H27N3O3S. The number of hydrogen-bond acceptors (Lipinski definition) is 5. The highest BCUT2D eigenvalue weighted by molar-refractivity contribution is 7.99. The second kappa shape index (κ2) is 10.0. The highest BCUT2D eigenvalue weighted by Gasteiger charge is 2.16. The summed E-state index contributed by atoms with van der Waals surface area (Å²) < 4.78 is 7.07. The van der Waals surface area contributed by atoms with E-state index in [9.17, 15) is 9.59 Å². The number of hydrogen-bond donors (Lipinski definition) is 1. The average Bonchev–Trinajstić information content (AvgIpc) is 3.33. The van der Waals surface area contributed by atoms with Gasteiger partial charge in [-0.1, -0.05) is 35.5 Å². The third-order valence-electron chi connectivity index (χ3n) is 5.55. The van der Waals surface area contributed by atoms with Gasteiger partial charge in [0.25, 0.3) is 5.56 Å². The second-order valence-electron chi connectivity index (χ2n) is 7.82. The van der Waals surface area contributed by atoms with E-state index in [0.29, 0.717) is 28.4 Å². The zero-order valence-corrected chi connectivity index (χ0v) is 18.5. The van der Waals surface area contributed by atoms with Crippen molar-refractivity contribution in [3.63, 3.8) is 0 Å². The molecule has 4 rings (SSSR count). The van der Waals surface area contributed by atoms with Crippen molar-refractivity contribution in [1.82, 2.24) is 14.9 Å². The van der Waals surface area contributed by atoms with Crippen molar-refractivity contribution in [3.8, 4) is 0 Å². The molecule has 0 radical (unpaired) electrons. The molecule has 7 heteroatoms. The molecule has 1 amide bonds. The molecule has 2 aromatic heterocycles. The number of fused-ring (bicyclic) bond motifs is 1. The summed E-state index contributed by atoms with van der Waals surface area (Å²) in [6.07, 6.45) is 9.42. The van der Waals surface area contributed by atoms with Gasteiger partial charge in [0.1, 0.15) is 5.76 Å². The lowest BCUT2D eigenvalue weighted by molar-refractivity contribution is -0.119. The van der Waals surface area contributed by atoms with E-state index in [4.69, 9.17) is 9.40 Å². The quantitative estimate of drug-likeness (QED) is 0.310. The summed E-state index contributed by atoms with van der Waals surface area (Å²) in [5.41, 5.74) is 2.02. The maximum Gasteiger partial charge on any atom is 0.262 e. The molecule has 1 aliphatic rings. The summed E-state index contributed by atoms with van der Waals surface area (Å²) >= 11 is 1.30. The Bertz CT molecular complexity index is 1130. The number of furan rings is 1. The smallest absolute Gasteiger partial charge is 0.262 e. The fourth-order valence-electron chi connectivity index (χ4n) is 3.86. The van der Waals surface area contributed by atoms with Crippen molar-refractivity contribution in [1.29, 1.82) is 0 Å². The number of nitrogens with one attached hydrogen (secondary N) is 1. The van der Waals surface area contributed by atoms with Crippen molar-refractivity contribution in [3.05, 3.63) is 70.4 Å². The van der Waals surface area contributed by atoms with E-state index >= 15 is 0 Å². The van der Waals surface area contributed by atoms with Crippen molar-refractivity contribution in [2.24, 2.45) is 0 Å². The lowest BCUT2D eigenvalue weighted by Gasteiger charge is -2.16. The van der Waals surface area contributed by atoms with Crippen LogP contribution in [0.3, 0.4) is 0 Å². The molecule has 1 unspecified atom stereocenters. The number of aromatic nitrogens is 2. The fourth-order valence-corrected chi connectivity index (χ4v) is 4.70. The molecule has 0 saturated carbocycles. The number of allylic oxidation sites excluding steroid dienone is 2. The van der Waals surface area contributed by atoms with Crippen LogP contribution in [0.25, 0.3) is 10.9 Å². The highest BCUT2D eigenvalue weighted by Crippen LogP contribution is 2.23. The van der Waals surface area contributed by atoms with Crippen molar-refractivity contribution in [2.45, 2.75) is 56.8 Å². The molecule has 6 nitrogen and oxygen atoms in total. The van der Waals surface area contributed by atoms with Gasteiger partial charge in [-0.05, 0) is 63.3 Å². The van der Waals surface area contributed by atoms with Crippen LogP contribution in [-0.2, 0) is 11.3 Å². The first-order valence-electron chi connectivity index (χ1n) is 10.7. The van der Waals surface area contributed by atoms with Gasteiger partial charge < -0.3 is 9.73 Å². The van der Waals surface area contributed by atoms with Gasteiger partial charge in [0.2, 0.25) is 5.91 Å². The highest BCUT2D eigenvalue weighted by atomic mass is 32.2. The summed E-state index contributed by atoms with van der Waals surface area (Å²) in [5.74, 6) is 0.760. The van der Waals surface area contributed by atoms with Gasteiger partial charge >= 0.3 is 0 Å². The van der Waals surface area contributed by atoms with Crippen LogP contribution in [0.2, 0.25) is 0 Å². The third kappa shape index (κ3) is 5.28. The van der Waals surface area contributed by atoms with E-state index < -0.39 is 0 Å². The molecule has 0 bridgehead atoms. The fraction of sp³-hybridized carbons (Fsp3) is 0.375. The van der Waals surface area contributed by atoms with Gasteiger partial charge in [0, 0.05) is 6.54 Å². The van der Waals surface area contributed by atoms with E-state index in [0.717, 1.165) is 19.3 Å². The number of carbonyl (C=O) groups excluding carboxylic acids is 1. The van der Waals surface area contributed by atoms with Crippen LogP contribution < -0.4 is 10.9 Å². The molecule has 1 aliphatic carbocycles. The molecule has 2 heterocycles. The zero-order valence-electron chi connectivity index (χ0n) is 17.7. The lowest BCUT2D eigenvalue weighted by Crippen LogP contribution is -2.29. The summed E-state index contributed by atoms with van der Waals surface area (Å²) in [4.78, 5) is 30.4. The first kappa shape index (κ1) is 21.4. The summed E-state index contributed by atoms with van der Waals surface area (Å²) in [6, 6.07) is 10.8. The molecule has 0 saturated heterocycles. The Labute approximate surface area is 185 Å². The first-order chi connectivity index (χ1) is 15.1. The van der Waals surface area contributed by atoms with Gasteiger partial charge in [0.15, 0.2) is 5.16 Å². The average molecular weight is 438 g/mol. The molecular weight excluding hydrogens is 410 g/mol. The van der Waals surface area contributed by atoms with Crippen LogP contribution >= 0.6 is 11.8 Å². The number of rotatable bonds is 8. The Morgan fingerprint density at radius 3 is 2.90 bits per heavy atom. The first-order valence-corrected chi connectivity index (χ1v) is 11.7. The molecule has 162 valence electrons. The van der Waals surface area contributed by atoms with Crippen LogP contribution in [-0.4, -0.2) is 21.2 Å². The molecule has 0 fully saturated rings. The largest absolute Gasteiger partial charge is 0.467 e. The number of para-hydroxylation sites is 1. The van der Waals surface area contributed by atoms with E-state index in [2.05, 4.69) is 11.4 Å². The van der Waals surface area contributed by atoms with Gasteiger partial charge in [-0.15, -0.1) is 0 Å². The Morgan fingerprint density at radius 2 is 2.13 bits per heavy atom. The van der Waals surface area contributed by atoms with Gasteiger partial charge in [0.05, 0.1) is 29.0 Å². The predicted molar refractivity (Wildman–Crippen MR) is 123 cm³/mol. The molecule has 0 spiro atoms. The summed E-state index contributed by atoms with van der Waals surface area (Å²) in [7, 11) is 0. The number of thioether (sulfide) groups is 1. The standard InChI is InChI=1S/C24H27N3O3S/c1-17(21-12-7-15-30-21)25-22(28)16-31-24-26-20-11-6-5-10-19(20)23(29)27(24)14-13-18-8-3-2-4-9-18/h5-8,10-12,15,17H,2-4,9,13-14,16H2,1H3,(H,25,28). The zero-order chi connectivity index (χ0) is 21.6. The minimum atomic E-state index is -0.215. The Morgan fingerprint density at radius 1 is 1.26 bits per heavy atom. The van der Waals surface area contributed by atoms with E-state index in [1.165, 1.54) is 30.2 Å². The Kier molecular flexibility index (Phi) is 6.92. The van der Waals surface area contributed by atoms with Gasteiger partial charge in [-0.25, -0.2) is 4.98 Å². The van der Waals surface area contributed by atoms with E-state index in [-0.39, 0.29) is 23.3 Å².